The summed E-state index contributed by atoms with van der Waals surface area (Å²) >= 11 is 3.38. The van der Waals surface area contributed by atoms with Crippen molar-refractivity contribution in [3.05, 3.63) is 32.7 Å². The molecule has 0 amide bonds. The van der Waals surface area contributed by atoms with Crippen LogP contribution < -0.4 is 5.56 Å². The molecule has 0 bridgehead atoms. The Morgan fingerprint density at radius 1 is 1.50 bits per heavy atom. The minimum atomic E-state index is 0.0926. The number of nitrogens with zero attached hydrogens (tertiary/aromatic N) is 2. The van der Waals surface area contributed by atoms with E-state index >= 15 is 0 Å². The van der Waals surface area contributed by atoms with Crippen molar-refractivity contribution in [1.29, 1.82) is 0 Å². The van der Waals surface area contributed by atoms with Crippen molar-refractivity contribution in [2.24, 2.45) is 0 Å². The summed E-state index contributed by atoms with van der Waals surface area (Å²) in [6.45, 7) is 3.43. The van der Waals surface area contributed by atoms with Crippen LogP contribution in [-0.2, 0) is 6.54 Å². The molecular formula is C10H15BrN2O. The zero-order valence-electron chi connectivity index (χ0n) is 8.75. The summed E-state index contributed by atoms with van der Waals surface area (Å²) in [6.07, 6.45) is 1.83. The van der Waals surface area contributed by atoms with Crippen LogP contribution in [0.15, 0.2) is 21.5 Å². The molecule has 0 saturated heterocycles. The number of aryl methyl sites for hydroxylation is 1. The Morgan fingerprint density at radius 3 is 2.71 bits per heavy atom. The highest BCUT2D eigenvalue weighted by molar-refractivity contribution is 9.10. The van der Waals surface area contributed by atoms with E-state index in [4.69, 9.17) is 0 Å². The summed E-state index contributed by atoms with van der Waals surface area (Å²) in [5, 5.41) is 0. The Balaban J connectivity index is 2.91. The van der Waals surface area contributed by atoms with Gasteiger partial charge < -0.3 is 9.47 Å². The van der Waals surface area contributed by atoms with Crippen LogP contribution in [0.1, 0.15) is 5.56 Å². The number of pyridine rings is 1. The lowest BCUT2D eigenvalue weighted by Crippen LogP contribution is -2.27. The van der Waals surface area contributed by atoms with Crippen LogP contribution in [0.2, 0.25) is 0 Å². The summed E-state index contributed by atoms with van der Waals surface area (Å²) in [6, 6.07) is 1.84. The van der Waals surface area contributed by atoms with E-state index in [2.05, 4.69) is 20.8 Å². The highest BCUT2D eigenvalue weighted by Crippen LogP contribution is 2.07. The number of halogens is 1. The zero-order chi connectivity index (χ0) is 10.7. The van der Waals surface area contributed by atoms with E-state index in [1.807, 2.05) is 33.3 Å². The molecule has 0 N–H and O–H groups in total. The normalized spacial score (nSPS) is 10.9. The lowest BCUT2D eigenvalue weighted by Gasteiger charge is -2.12. The summed E-state index contributed by atoms with van der Waals surface area (Å²) in [4.78, 5) is 13.7. The fraction of sp³-hybridized carbons (Fsp3) is 0.500. The second-order valence-corrected chi connectivity index (χ2v) is 4.56. The van der Waals surface area contributed by atoms with Crippen molar-refractivity contribution in [3.8, 4) is 0 Å². The predicted octanol–water partition coefficient (Wildman–Crippen LogP) is 1.48. The number of hydrogen-bond acceptors (Lipinski definition) is 2. The largest absolute Gasteiger partial charge is 0.313 e. The minimum Gasteiger partial charge on any atom is -0.313 e. The Hall–Kier alpha value is -0.610. The van der Waals surface area contributed by atoms with Crippen LogP contribution in [0.3, 0.4) is 0 Å². The summed E-state index contributed by atoms with van der Waals surface area (Å²) in [5.41, 5.74) is 0.869. The third-order valence-corrected chi connectivity index (χ3v) is 2.45. The van der Waals surface area contributed by atoms with E-state index < -0.39 is 0 Å². The minimum absolute atomic E-state index is 0.0926. The lowest BCUT2D eigenvalue weighted by molar-refractivity contribution is 0.380. The van der Waals surface area contributed by atoms with E-state index in [1.54, 1.807) is 4.57 Å². The maximum atomic E-state index is 11.7. The van der Waals surface area contributed by atoms with Gasteiger partial charge in [0.15, 0.2) is 0 Å². The summed E-state index contributed by atoms with van der Waals surface area (Å²) in [7, 11) is 3.99. The Kier molecular flexibility index (Phi) is 3.89. The quantitative estimate of drug-likeness (QED) is 0.821. The number of rotatable bonds is 3. The maximum Gasteiger partial charge on any atom is 0.253 e. The molecule has 3 nitrogen and oxygen atoms in total. The zero-order valence-corrected chi connectivity index (χ0v) is 10.3. The molecule has 0 unspecified atom stereocenters. The van der Waals surface area contributed by atoms with Crippen LogP contribution in [0, 0.1) is 6.92 Å². The van der Waals surface area contributed by atoms with Gasteiger partial charge in [-0.1, -0.05) is 0 Å². The second-order valence-electron chi connectivity index (χ2n) is 3.64. The first-order valence-electron chi connectivity index (χ1n) is 4.52. The van der Waals surface area contributed by atoms with Crippen molar-refractivity contribution < 1.29 is 0 Å². The third kappa shape index (κ3) is 2.96. The molecular weight excluding hydrogens is 244 g/mol. The molecule has 1 heterocycles. The van der Waals surface area contributed by atoms with Gasteiger partial charge in [-0.2, -0.15) is 0 Å². The molecule has 0 saturated carbocycles. The number of likely N-dealkylation sites (N-methyl/N-ethyl adjacent to an activating group) is 1. The standard InChI is InChI=1S/C10H15BrN2O/c1-8-6-9(11)7-13(10(8)14)5-4-12(2)3/h6-7H,4-5H2,1-3H3. The maximum absolute atomic E-state index is 11.7. The molecule has 14 heavy (non-hydrogen) atoms. The van der Waals surface area contributed by atoms with Gasteiger partial charge >= 0.3 is 0 Å². The molecule has 0 atom stereocenters. The van der Waals surface area contributed by atoms with Gasteiger partial charge in [0.1, 0.15) is 0 Å². The van der Waals surface area contributed by atoms with Gasteiger partial charge in [-0.05, 0) is 43.0 Å². The molecule has 1 aromatic rings. The Bertz CT molecular complexity index is 371. The van der Waals surface area contributed by atoms with Gasteiger partial charge in [-0.15, -0.1) is 0 Å². The molecule has 0 aliphatic carbocycles. The molecule has 0 aliphatic heterocycles. The lowest BCUT2D eigenvalue weighted by atomic mass is 10.3. The van der Waals surface area contributed by atoms with Crippen molar-refractivity contribution in [1.82, 2.24) is 9.47 Å². The molecule has 0 aromatic carbocycles. The van der Waals surface area contributed by atoms with E-state index in [1.165, 1.54) is 0 Å². The fourth-order valence-electron chi connectivity index (χ4n) is 1.21. The first-order chi connectivity index (χ1) is 6.50. The van der Waals surface area contributed by atoms with Gasteiger partial charge in [-0.3, -0.25) is 4.79 Å². The van der Waals surface area contributed by atoms with Crippen molar-refractivity contribution >= 4 is 15.9 Å². The fourth-order valence-corrected chi connectivity index (χ4v) is 1.80. The molecule has 0 aliphatic rings. The Morgan fingerprint density at radius 2 is 2.14 bits per heavy atom. The van der Waals surface area contributed by atoms with E-state index in [0.29, 0.717) is 0 Å². The van der Waals surface area contributed by atoms with E-state index in [-0.39, 0.29) is 5.56 Å². The highest BCUT2D eigenvalue weighted by atomic mass is 79.9. The molecule has 1 rings (SSSR count). The van der Waals surface area contributed by atoms with Crippen molar-refractivity contribution in [3.63, 3.8) is 0 Å². The SMILES string of the molecule is Cc1cc(Br)cn(CCN(C)C)c1=O. The number of hydrogen-bond donors (Lipinski definition) is 0. The van der Waals surface area contributed by atoms with Gasteiger partial charge in [0.2, 0.25) is 0 Å². The first kappa shape index (κ1) is 11.5. The van der Waals surface area contributed by atoms with Gasteiger partial charge in [0.05, 0.1) is 0 Å². The average Bonchev–Trinajstić information content (AvgIpc) is 2.08. The molecule has 1 aromatic heterocycles. The topological polar surface area (TPSA) is 25.2 Å². The second kappa shape index (κ2) is 4.75. The van der Waals surface area contributed by atoms with Crippen LogP contribution >= 0.6 is 15.9 Å². The van der Waals surface area contributed by atoms with Crippen molar-refractivity contribution in [2.75, 3.05) is 20.6 Å². The van der Waals surface area contributed by atoms with Gasteiger partial charge in [0.25, 0.3) is 5.56 Å². The molecule has 4 heteroatoms. The Labute approximate surface area is 92.5 Å². The average molecular weight is 259 g/mol. The van der Waals surface area contributed by atoms with Crippen LogP contribution in [0.4, 0.5) is 0 Å². The summed E-state index contributed by atoms with van der Waals surface area (Å²) < 4.78 is 2.69. The highest BCUT2D eigenvalue weighted by Gasteiger charge is 2.01. The van der Waals surface area contributed by atoms with Crippen LogP contribution in [0.5, 0.6) is 0 Å². The molecule has 0 radical (unpaired) electrons. The van der Waals surface area contributed by atoms with Crippen LogP contribution in [-0.4, -0.2) is 30.1 Å². The molecule has 0 spiro atoms. The van der Waals surface area contributed by atoms with Gasteiger partial charge in [0, 0.05) is 29.3 Å². The number of aromatic nitrogens is 1. The molecule has 0 fully saturated rings. The van der Waals surface area contributed by atoms with Gasteiger partial charge in [-0.25, -0.2) is 0 Å². The van der Waals surface area contributed by atoms with E-state index in [9.17, 15) is 4.79 Å². The summed E-state index contributed by atoms with van der Waals surface area (Å²) in [5.74, 6) is 0. The predicted molar refractivity (Wildman–Crippen MR) is 61.7 cm³/mol. The van der Waals surface area contributed by atoms with E-state index in [0.717, 1.165) is 23.1 Å². The monoisotopic (exact) mass is 258 g/mol. The smallest absolute Gasteiger partial charge is 0.253 e. The van der Waals surface area contributed by atoms with Crippen molar-refractivity contribution in [2.45, 2.75) is 13.5 Å². The first-order valence-corrected chi connectivity index (χ1v) is 5.31. The third-order valence-electron chi connectivity index (χ3n) is 2.02. The molecule has 78 valence electrons. The van der Waals surface area contributed by atoms with Crippen LogP contribution in [0.25, 0.3) is 0 Å².